The van der Waals surface area contributed by atoms with Gasteiger partial charge in [0.05, 0.1) is 5.69 Å². The molecule has 1 aromatic heterocycles. The van der Waals surface area contributed by atoms with E-state index in [4.69, 9.17) is 4.42 Å². The van der Waals surface area contributed by atoms with Gasteiger partial charge in [0.15, 0.2) is 17.9 Å². The molecule has 0 aliphatic carbocycles. The number of rotatable bonds is 2. The first kappa shape index (κ1) is 7.98. The summed E-state index contributed by atoms with van der Waals surface area (Å²) in [6, 6.07) is 0. The third kappa shape index (κ3) is 1.48. The Morgan fingerprint density at radius 1 is 1.64 bits per heavy atom. The maximum absolute atomic E-state index is 10.9. The second-order valence-electron chi connectivity index (χ2n) is 2.78. The zero-order valence-electron chi connectivity index (χ0n) is 6.92. The highest BCUT2D eigenvalue weighted by atomic mass is 16.3. The number of carbonyl (C=O) groups is 1. The van der Waals surface area contributed by atoms with Crippen molar-refractivity contribution in [2.75, 3.05) is 0 Å². The molecule has 11 heavy (non-hydrogen) atoms. The van der Waals surface area contributed by atoms with Gasteiger partial charge in [0.25, 0.3) is 0 Å². The smallest absolute Gasteiger partial charge is 0.196 e. The van der Waals surface area contributed by atoms with Crippen LogP contribution >= 0.6 is 0 Å². The molecule has 0 bridgehead atoms. The molecule has 1 heterocycles. The van der Waals surface area contributed by atoms with Crippen LogP contribution in [0, 0.1) is 0 Å². The number of hydrogen-bond acceptors (Lipinski definition) is 3. The van der Waals surface area contributed by atoms with Gasteiger partial charge in [-0.15, -0.1) is 0 Å². The average molecular weight is 153 g/mol. The molecule has 0 aliphatic heterocycles. The minimum Gasteiger partial charge on any atom is -0.440 e. The monoisotopic (exact) mass is 153 g/mol. The van der Waals surface area contributed by atoms with Gasteiger partial charge in [0.2, 0.25) is 0 Å². The molecule has 60 valence electrons. The van der Waals surface area contributed by atoms with Gasteiger partial charge in [0.1, 0.15) is 0 Å². The van der Waals surface area contributed by atoms with Crippen molar-refractivity contribution < 1.29 is 9.21 Å². The highest BCUT2D eigenvalue weighted by Crippen LogP contribution is 2.17. The zero-order valence-corrected chi connectivity index (χ0v) is 6.92. The van der Waals surface area contributed by atoms with Crippen molar-refractivity contribution in [2.45, 2.75) is 26.7 Å². The first-order chi connectivity index (χ1) is 5.13. The lowest BCUT2D eigenvalue weighted by Crippen LogP contribution is -1.98. The van der Waals surface area contributed by atoms with Gasteiger partial charge < -0.3 is 4.42 Å². The SMILES string of the molecule is CC(=O)c1ocnc1C(C)C. The molecule has 1 rings (SSSR count). The Labute approximate surface area is 65.4 Å². The van der Waals surface area contributed by atoms with Crippen molar-refractivity contribution in [1.82, 2.24) is 4.98 Å². The molecule has 1 aromatic rings. The third-order valence-corrected chi connectivity index (χ3v) is 1.46. The van der Waals surface area contributed by atoms with Crippen molar-refractivity contribution in [3.63, 3.8) is 0 Å². The van der Waals surface area contributed by atoms with Crippen molar-refractivity contribution in [1.29, 1.82) is 0 Å². The highest BCUT2D eigenvalue weighted by molar-refractivity contribution is 5.92. The van der Waals surface area contributed by atoms with Crippen LogP contribution in [0.2, 0.25) is 0 Å². The van der Waals surface area contributed by atoms with E-state index >= 15 is 0 Å². The topological polar surface area (TPSA) is 43.1 Å². The summed E-state index contributed by atoms with van der Waals surface area (Å²) in [6.45, 7) is 5.43. The van der Waals surface area contributed by atoms with Gasteiger partial charge in [0, 0.05) is 6.92 Å². The molecular formula is C8H11NO2. The van der Waals surface area contributed by atoms with E-state index in [1.807, 2.05) is 13.8 Å². The molecule has 3 heteroatoms. The van der Waals surface area contributed by atoms with E-state index in [0.717, 1.165) is 5.69 Å². The first-order valence-corrected chi connectivity index (χ1v) is 3.57. The summed E-state index contributed by atoms with van der Waals surface area (Å²) < 4.78 is 4.93. The lowest BCUT2D eigenvalue weighted by molar-refractivity contribution is 0.0985. The van der Waals surface area contributed by atoms with E-state index in [1.54, 1.807) is 0 Å². The lowest BCUT2D eigenvalue weighted by atomic mass is 10.1. The van der Waals surface area contributed by atoms with E-state index in [9.17, 15) is 4.79 Å². The minimum atomic E-state index is -0.0637. The summed E-state index contributed by atoms with van der Waals surface area (Å²) in [6.07, 6.45) is 1.31. The van der Waals surface area contributed by atoms with Crippen LogP contribution in [0.15, 0.2) is 10.8 Å². The van der Waals surface area contributed by atoms with Crippen LogP contribution in [0.1, 0.15) is 42.9 Å². The molecule has 0 N–H and O–H groups in total. The van der Waals surface area contributed by atoms with Gasteiger partial charge in [-0.3, -0.25) is 4.79 Å². The Morgan fingerprint density at radius 2 is 2.27 bits per heavy atom. The van der Waals surface area contributed by atoms with Gasteiger partial charge in [-0.05, 0) is 5.92 Å². The maximum atomic E-state index is 10.9. The fourth-order valence-corrected chi connectivity index (χ4v) is 0.929. The van der Waals surface area contributed by atoms with Crippen LogP contribution in [-0.4, -0.2) is 10.8 Å². The Bertz CT molecular complexity index is 263. The molecule has 0 unspecified atom stereocenters. The number of ketones is 1. The lowest BCUT2D eigenvalue weighted by Gasteiger charge is -1.99. The fourth-order valence-electron chi connectivity index (χ4n) is 0.929. The van der Waals surface area contributed by atoms with E-state index < -0.39 is 0 Å². The van der Waals surface area contributed by atoms with Crippen LogP contribution in [0.25, 0.3) is 0 Å². The summed E-state index contributed by atoms with van der Waals surface area (Å²) in [5, 5.41) is 0. The van der Waals surface area contributed by atoms with E-state index in [2.05, 4.69) is 4.98 Å². The molecule has 0 aliphatic rings. The van der Waals surface area contributed by atoms with E-state index in [0.29, 0.717) is 5.76 Å². The Balaban J connectivity index is 3.06. The maximum Gasteiger partial charge on any atom is 0.196 e. The second-order valence-corrected chi connectivity index (χ2v) is 2.78. The van der Waals surface area contributed by atoms with Crippen LogP contribution in [0.4, 0.5) is 0 Å². The molecule has 3 nitrogen and oxygen atoms in total. The Morgan fingerprint density at radius 3 is 2.64 bits per heavy atom. The third-order valence-electron chi connectivity index (χ3n) is 1.46. The van der Waals surface area contributed by atoms with Gasteiger partial charge in [-0.25, -0.2) is 4.98 Å². The minimum absolute atomic E-state index is 0.0637. The molecular weight excluding hydrogens is 142 g/mol. The number of carbonyl (C=O) groups excluding carboxylic acids is 1. The normalized spacial score (nSPS) is 10.5. The van der Waals surface area contributed by atoms with Gasteiger partial charge in [-0.1, -0.05) is 13.8 Å². The van der Waals surface area contributed by atoms with Crippen molar-refractivity contribution >= 4 is 5.78 Å². The molecule has 0 saturated heterocycles. The quantitative estimate of drug-likeness (QED) is 0.610. The predicted octanol–water partition coefficient (Wildman–Crippen LogP) is 2.00. The molecule has 0 radical (unpaired) electrons. The summed E-state index contributed by atoms with van der Waals surface area (Å²) >= 11 is 0. The van der Waals surface area contributed by atoms with Crippen LogP contribution in [0.3, 0.4) is 0 Å². The van der Waals surface area contributed by atoms with Gasteiger partial charge in [-0.2, -0.15) is 0 Å². The number of oxazole rings is 1. The fraction of sp³-hybridized carbons (Fsp3) is 0.500. The molecule has 0 fully saturated rings. The molecule has 0 amide bonds. The number of hydrogen-bond donors (Lipinski definition) is 0. The molecule has 0 spiro atoms. The Hall–Kier alpha value is -1.12. The van der Waals surface area contributed by atoms with E-state index in [-0.39, 0.29) is 11.7 Å². The van der Waals surface area contributed by atoms with Crippen LogP contribution in [0.5, 0.6) is 0 Å². The van der Waals surface area contributed by atoms with Crippen molar-refractivity contribution in [3.8, 4) is 0 Å². The summed E-state index contributed by atoms with van der Waals surface area (Å²) in [7, 11) is 0. The largest absolute Gasteiger partial charge is 0.440 e. The van der Waals surface area contributed by atoms with E-state index in [1.165, 1.54) is 13.3 Å². The number of nitrogens with zero attached hydrogens (tertiary/aromatic N) is 1. The van der Waals surface area contributed by atoms with Crippen molar-refractivity contribution in [2.24, 2.45) is 0 Å². The standard InChI is InChI=1S/C8H11NO2/c1-5(2)7-8(6(3)10)11-4-9-7/h4-5H,1-3H3. The molecule has 0 aromatic carbocycles. The van der Waals surface area contributed by atoms with Crippen LogP contribution < -0.4 is 0 Å². The van der Waals surface area contributed by atoms with Crippen LogP contribution in [-0.2, 0) is 0 Å². The average Bonchev–Trinajstić information content (AvgIpc) is 2.32. The summed E-state index contributed by atoms with van der Waals surface area (Å²) in [4.78, 5) is 14.8. The number of Topliss-reactive ketones (excluding diaryl/α,β-unsaturated/α-hetero) is 1. The highest BCUT2D eigenvalue weighted by Gasteiger charge is 2.14. The van der Waals surface area contributed by atoms with Crippen molar-refractivity contribution in [3.05, 3.63) is 17.8 Å². The second kappa shape index (κ2) is 2.86. The molecule has 0 saturated carbocycles. The predicted molar refractivity (Wildman–Crippen MR) is 40.6 cm³/mol. The van der Waals surface area contributed by atoms with Gasteiger partial charge >= 0.3 is 0 Å². The Kier molecular flexibility index (Phi) is 2.08. The molecule has 0 atom stereocenters. The summed E-state index contributed by atoms with van der Waals surface area (Å²) in [5.41, 5.74) is 0.748. The first-order valence-electron chi connectivity index (χ1n) is 3.57. The number of aromatic nitrogens is 1. The zero-order chi connectivity index (χ0) is 8.43. The summed E-state index contributed by atoms with van der Waals surface area (Å²) in [5.74, 6) is 0.568.